The smallest absolute Gasteiger partial charge is 0.288 e. The third-order valence-corrected chi connectivity index (χ3v) is 4.13. The highest BCUT2D eigenvalue weighted by Crippen LogP contribution is 2.32. The summed E-state index contributed by atoms with van der Waals surface area (Å²) >= 11 is 0.558. The number of fused-ring (bicyclic) bond motifs is 1. The zero-order valence-corrected chi connectivity index (χ0v) is 12.1. The van der Waals surface area contributed by atoms with Crippen molar-refractivity contribution >= 4 is 17.4 Å². The summed E-state index contributed by atoms with van der Waals surface area (Å²) in [5.41, 5.74) is 1.92. The molecule has 2 aromatic rings. The molecule has 0 aliphatic carbocycles. The van der Waals surface area contributed by atoms with E-state index in [9.17, 15) is 8.78 Å². The Morgan fingerprint density at radius 3 is 2.71 bits per heavy atom. The van der Waals surface area contributed by atoms with Crippen molar-refractivity contribution in [2.75, 3.05) is 11.9 Å². The van der Waals surface area contributed by atoms with E-state index in [2.05, 4.69) is 11.4 Å². The van der Waals surface area contributed by atoms with E-state index in [4.69, 9.17) is 4.74 Å². The van der Waals surface area contributed by atoms with Gasteiger partial charge in [-0.3, -0.25) is 0 Å². The van der Waals surface area contributed by atoms with Crippen LogP contribution in [0.25, 0.3) is 0 Å². The predicted octanol–water partition coefficient (Wildman–Crippen LogP) is 4.42. The number of para-hydroxylation sites is 2. The Kier molecular flexibility index (Phi) is 4.29. The summed E-state index contributed by atoms with van der Waals surface area (Å²) < 4.78 is 30.9. The van der Waals surface area contributed by atoms with Gasteiger partial charge < -0.3 is 10.1 Å². The van der Waals surface area contributed by atoms with Crippen LogP contribution in [-0.4, -0.2) is 18.4 Å². The van der Waals surface area contributed by atoms with Gasteiger partial charge >= 0.3 is 0 Å². The molecule has 0 saturated carbocycles. The van der Waals surface area contributed by atoms with E-state index in [0.717, 1.165) is 17.9 Å². The van der Waals surface area contributed by atoms with Crippen molar-refractivity contribution in [2.24, 2.45) is 0 Å². The third kappa shape index (κ3) is 3.47. The van der Waals surface area contributed by atoms with Crippen LogP contribution in [0.15, 0.2) is 53.4 Å². The highest BCUT2D eigenvalue weighted by Gasteiger charge is 2.22. The number of anilines is 1. The molecule has 21 heavy (non-hydrogen) atoms. The van der Waals surface area contributed by atoms with Crippen LogP contribution in [0.1, 0.15) is 5.56 Å². The van der Waals surface area contributed by atoms with Gasteiger partial charge in [-0.25, -0.2) is 0 Å². The number of thioether (sulfide) groups is 1. The number of hydrogen-bond donors (Lipinski definition) is 1. The van der Waals surface area contributed by atoms with Gasteiger partial charge in [0, 0.05) is 17.0 Å². The van der Waals surface area contributed by atoms with Crippen LogP contribution in [0.4, 0.5) is 14.5 Å². The maximum atomic E-state index is 12.5. The molecule has 3 rings (SSSR count). The largest absolute Gasteiger partial charge is 0.488 e. The lowest BCUT2D eigenvalue weighted by molar-refractivity contribution is 0.246. The Hall–Kier alpha value is -1.75. The van der Waals surface area contributed by atoms with Gasteiger partial charge in [-0.2, -0.15) is 8.78 Å². The second-order valence-corrected chi connectivity index (χ2v) is 5.84. The van der Waals surface area contributed by atoms with E-state index in [0.29, 0.717) is 23.2 Å². The molecule has 0 amide bonds. The summed E-state index contributed by atoms with van der Waals surface area (Å²) in [6.45, 7) is 0.593. The first kappa shape index (κ1) is 14.2. The summed E-state index contributed by atoms with van der Waals surface area (Å²) in [4.78, 5) is 0.558. The van der Waals surface area contributed by atoms with Crippen LogP contribution < -0.4 is 10.1 Å². The molecule has 1 aliphatic rings. The molecule has 2 aromatic carbocycles. The maximum absolute atomic E-state index is 12.5. The van der Waals surface area contributed by atoms with Crippen molar-refractivity contribution in [3.8, 4) is 5.75 Å². The van der Waals surface area contributed by atoms with Crippen LogP contribution in [-0.2, 0) is 6.42 Å². The fourth-order valence-electron chi connectivity index (χ4n) is 2.40. The molecule has 5 heteroatoms. The monoisotopic (exact) mass is 307 g/mol. The van der Waals surface area contributed by atoms with Gasteiger partial charge in [0.05, 0.1) is 6.54 Å². The molecular formula is C16H15F2NOS. The average molecular weight is 307 g/mol. The number of nitrogens with one attached hydrogen (secondary N) is 1. The van der Waals surface area contributed by atoms with Gasteiger partial charge in [0.15, 0.2) is 0 Å². The van der Waals surface area contributed by atoms with E-state index >= 15 is 0 Å². The Balaban J connectivity index is 1.62. The number of hydrogen-bond acceptors (Lipinski definition) is 3. The molecule has 0 bridgehead atoms. The van der Waals surface area contributed by atoms with Gasteiger partial charge in [0.25, 0.3) is 5.76 Å². The minimum atomic E-state index is -2.42. The molecule has 1 N–H and O–H groups in total. The highest BCUT2D eigenvalue weighted by atomic mass is 32.2. The molecule has 0 aromatic heterocycles. The van der Waals surface area contributed by atoms with Crippen LogP contribution in [0.5, 0.6) is 5.75 Å². The van der Waals surface area contributed by atoms with Crippen molar-refractivity contribution in [1.29, 1.82) is 0 Å². The molecule has 0 saturated heterocycles. The van der Waals surface area contributed by atoms with E-state index in [1.165, 1.54) is 5.56 Å². The van der Waals surface area contributed by atoms with Crippen LogP contribution in [0.2, 0.25) is 0 Å². The molecule has 0 fully saturated rings. The molecule has 1 atom stereocenters. The quantitative estimate of drug-likeness (QED) is 0.826. The summed E-state index contributed by atoms with van der Waals surface area (Å²) in [5, 5.41) is 3.22. The Morgan fingerprint density at radius 1 is 1.14 bits per heavy atom. The van der Waals surface area contributed by atoms with E-state index in [-0.39, 0.29) is 6.10 Å². The lowest BCUT2D eigenvalue weighted by Gasteiger charge is -2.15. The normalized spacial score (nSPS) is 16.6. The van der Waals surface area contributed by atoms with Crippen molar-refractivity contribution in [3.63, 3.8) is 0 Å². The fraction of sp³-hybridized carbons (Fsp3) is 0.250. The Bertz CT molecular complexity index is 596. The van der Waals surface area contributed by atoms with Gasteiger partial charge in [-0.15, -0.1) is 0 Å². The van der Waals surface area contributed by atoms with Gasteiger partial charge in [0.1, 0.15) is 11.9 Å². The lowest BCUT2D eigenvalue weighted by atomic mass is 10.1. The highest BCUT2D eigenvalue weighted by molar-refractivity contribution is 7.99. The molecule has 0 spiro atoms. The molecule has 1 unspecified atom stereocenters. The second kappa shape index (κ2) is 6.35. The maximum Gasteiger partial charge on any atom is 0.288 e. The molecular weight excluding hydrogens is 292 g/mol. The molecule has 0 radical (unpaired) electrons. The Labute approximate surface area is 126 Å². The van der Waals surface area contributed by atoms with Crippen molar-refractivity contribution in [2.45, 2.75) is 23.2 Å². The molecule has 1 aliphatic heterocycles. The topological polar surface area (TPSA) is 21.3 Å². The number of halogens is 2. The van der Waals surface area contributed by atoms with E-state index < -0.39 is 5.76 Å². The van der Waals surface area contributed by atoms with E-state index in [1.807, 2.05) is 30.3 Å². The van der Waals surface area contributed by atoms with Crippen molar-refractivity contribution in [3.05, 3.63) is 54.1 Å². The number of ether oxygens (including phenoxy) is 1. The molecule has 2 nitrogen and oxygen atoms in total. The molecule has 110 valence electrons. The first-order valence-corrected chi connectivity index (χ1v) is 7.62. The first-order valence-electron chi connectivity index (χ1n) is 6.74. The first-order chi connectivity index (χ1) is 10.2. The summed E-state index contributed by atoms with van der Waals surface area (Å²) in [5.74, 6) is -1.50. The SMILES string of the molecule is FC(F)Sc1ccccc1NCC1Cc2ccccc2O1. The summed E-state index contributed by atoms with van der Waals surface area (Å²) in [6.07, 6.45) is 0.875. The Morgan fingerprint density at radius 2 is 1.90 bits per heavy atom. The van der Waals surface area contributed by atoms with E-state index in [1.54, 1.807) is 12.1 Å². The van der Waals surface area contributed by atoms with Crippen LogP contribution in [0.3, 0.4) is 0 Å². The standard InChI is InChI=1S/C16H15F2NOS/c17-16(18)21-15-8-4-2-6-13(15)19-10-12-9-11-5-1-3-7-14(11)20-12/h1-8,12,16,19H,9-10H2. The van der Waals surface area contributed by atoms with Gasteiger partial charge in [0.2, 0.25) is 0 Å². The fourth-order valence-corrected chi connectivity index (χ4v) is 3.02. The minimum absolute atomic E-state index is 0.0343. The van der Waals surface area contributed by atoms with Gasteiger partial charge in [-0.05, 0) is 23.8 Å². The van der Waals surface area contributed by atoms with Crippen LogP contribution >= 0.6 is 11.8 Å². The van der Waals surface area contributed by atoms with Gasteiger partial charge in [-0.1, -0.05) is 42.1 Å². The number of benzene rings is 2. The minimum Gasteiger partial charge on any atom is -0.488 e. The van der Waals surface area contributed by atoms with Crippen molar-refractivity contribution < 1.29 is 13.5 Å². The lowest BCUT2D eigenvalue weighted by Crippen LogP contribution is -2.24. The second-order valence-electron chi connectivity index (χ2n) is 4.81. The average Bonchev–Trinajstić information content (AvgIpc) is 2.88. The summed E-state index contributed by atoms with van der Waals surface area (Å²) in [7, 11) is 0. The zero-order chi connectivity index (χ0) is 14.7. The van der Waals surface area contributed by atoms with Crippen LogP contribution in [0, 0.1) is 0 Å². The third-order valence-electron chi connectivity index (χ3n) is 3.34. The number of alkyl halides is 2. The van der Waals surface area contributed by atoms with Crippen molar-refractivity contribution in [1.82, 2.24) is 0 Å². The summed E-state index contributed by atoms with van der Waals surface area (Å²) in [6, 6.07) is 15.1. The predicted molar refractivity (Wildman–Crippen MR) is 81.4 cm³/mol. The number of rotatable bonds is 5. The zero-order valence-electron chi connectivity index (χ0n) is 11.3. The molecule has 1 heterocycles.